The molecule has 1 fully saturated rings. The Morgan fingerprint density at radius 1 is 0.750 bits per heavy atom. The molecule has 0 spiro atoms. The molecule has 0 aromatic carbocycles. The Hall–Kier alpha value is -0.240. The molecule has 1 heterocycles. The van der Waals surface area contributed by atoms with Crippen molar-refractivity contribution < 1.29 is 25.2 Å². The van der Waals surface area contributed by atoms with Crippen molar-refractivity contribution in [2.75, 3.05) is 13.2 Å². The van der Waals surface area contributed by atoms with Gasteiger partial charge in [0.2, 0.25) is 0 Å². The van der Waals surface area contributed by atoms with Crippen molar-refractivity contribution in [1.29, 1.82) is 0 Å². The van der Waals surface area contributed by atoms with Crippen molar-refractivity contribution in [3.05, 3.63) is 0 Å². The summed E-state index contributed by atoms with van der Waals surface area (Å²) in [6.07, 6.45) is 7.21. The quantitative estimate of drug-likeness (QED) is 0.322. The molecule has 5 N–H and O–H groups in total. The van der Waals surface area contributed by atoms with Crippen LogP contribution in [0.3, 0.4) is 0 Å². The van der Waals surface area contributed by atoms with Crippen LogP contribution in [-0.4, -0.2) is 64.2 Å². The van der Waals surface area contributed by atoms with Gasteiger partial charge in [-0.3, -0.25) is 5.32 Å². The lowest BCUT2D eigenvalue weighted by Crippen LogP contribution is -2.62. The SMILES string of the molecule is CCCCCCCCCCCCNC1O[C@H](CO)[C@H](O)[C@H](O)[C@H]1O. The zero-order valence-electron chi connectivity index (χ0n) is 15.1. The highest BCUT2D eigenvalue weighted by Gasteiger charge is 2.42. The summed E-state index contributed by atoms with van der Waals surface area (Å²) in [6.45, 7) is 2.53. The topological polar surface area (TPSA) is 102 Å². The highest BCUT2D eigenvalue weighted by molar-refractivity contribution is 4.90. The predicted octanol–water partition coefficient (Wildman–Crippen LogP) is 1.30. The van der Waals surface area contributed by atoms with Crippen molar-refractivity contribution >= 4 is 0 Å². The van der Waals surface area contributed by atoms with Gasteiger partial charge in [-0.1, -0.05) is 64.7 Å². The van der Waals surface area contributed by atoms with E-state index < -0.39 is 30.6 Å². The van der Waals surface area contributed by atoms with Gasteiger partial charge in [0.15, 0.2) is 0 Å². The van der Waals surface area contributed by atoms with Gasteiger partial charge >= 0.3 is 0 Å². The van der Waals surface area contributed by atoms with E-state index in [0.717, 1.165) is 12.8 Å². The average molecular weight is 347 g/mol. The predicted molar refractivity (Wildman–Crippen MR) is 93.6 cm³/mol. The molecule has 0 aliphatic carbocycles. The first-order valence-corrected chi connectivity index (χ1v) is 9.65. The van der Waals surface area contributed by atoms with E-state index in [-0.39, 0.29) is 6.61 Å². The molecule has 6 heteroatoms. The smallest absolute Gasteiger partial charge is 0.137 e. The number of hydrogen-bond acceptors (Lipinski definition) is 6. The monoisotopic (exact) mass is 347 g/mol. The van der Waals surface area contributed by atoms with Gasteiger partial charge in [0.1, 0.15) is 30.6 Å². The summed E-state index contributed by atoms with van der Waals surface area (Å²) in [5.41, 5.74) is 0. The second-order valence-electron chi connectivity index (χ2n) is 6.89. The van der Waals surface area contributed by atoms with Crippen molar-refractivity contribution in [1.82, 2.24) is 5.32 Å². The fourth-order valence-electron chi connectivity index (χ4n) is 3.13. The van der Waals surface area contributed by atoms with Gasteiger partial charge in [-0.15, -0.1) is 0 Å². The van der Waals surface area contributed by atoms with Crippen LogP contribution in [0.25, 0.3) is 0 Å². The first-order chi connectivity index (χ1) is 11.6. The number of ether oxygens (including phenoxy) is 1. The summed E-state index contributed by atoms with van der Waals surface area (Å²) in [7, 11) is 0. The largest absolute Gasteiger partial charge is 0.394 e. The number of unbranched alkanes of at least 4 members (excludes halogenated alkanes) is 9. The summed E-state index contributed by atoms with van der Waals surface area (Å²) in [5.74, 6) is 0. The maximum atomic E-state index is 9.90. The minimum absolute atomic E-state index is 0.388. The third-order valence-corrected chi connectivity index (χ3v) is 4.77. The van der Waals surface area contributed by atoms with Crippen LogP contribution in [0, 0.1) is 0 Å². The highest BCUT2D eigenvalue weighted by Crippen LogP contribution is 2.19. The molecule has 1 rings (SSSR count). The van der Waals surface area contributed by atoms with Crippen LogP contribution in [0.2, 0.25) is 0 Å². The summed E-state index contributed by atoms with van der Waals surface area (Å²) in [5, 5.41) is 41.5. The number of rotatable bonds is 13. The van der Waals surface area contributed by atoms with Crippen LogP contribution in [0.4, 0.5) is 0 Å². The van der Waals surface area contributed by atoms with Crippen molar-refractivity contribution in [2.24, 2.45) is 0 Å². The minimum Gasteiger partial charge on any atom is -0.394 e. The Balaban J connectivity index is 2.02. The van der Waals surface area contributed by atoms with Gasteiger partial charge in [-0.05, 0) is 13.0 Å². The van der Waals surface area contributed by atoms with Crippen molar-refractivity contribution in [2.45, 2.75) is 102 Å². The maximum Gasteiger partial charge on any atom is 0.137 e. The summed E-state index contributed by atoms with van der Waals surface area (Å²) in [4.78, 5) is 0. The first-order valence-electron chi connectivity index (χ1n) is 9.65. The lowest BCUT2D eigenvalue weighted by molar-refractivity contribution is -0.236. The van der Waals surface area contributed by atoms with E-state index in [1.165, 1.54) is 51.4 Å². The molecular weight excluding hydrogens is 310 g/mol. The van der Waals surface area contributed by atoms with Gasteiger partial charge < -0.3 is 25.2 Å². The molecule has 5 atom stereocenters. The van der Waals surface area contributed by atoms with Gasteiger partial charge in [0.05, 0.1) is 6.61 Å². The molecule has 0 amide bonds. The fraction of sp³-hybridized carbons (Fsp3) is 1.00. The number of aliphatic hydroxyl groups excluding tert-OH is 4. The number of aliphatic hydroxyl groups is 4. The maximum absolute atomic E-state index is 9.90. The minimum atomic E-state index is -1.30. The first kappa shape index (κ1) is 21.8. The zero-order valence-corrected chi connectivity index (χ0v) is 15.1. The number of hydrogen-bond donors (Lipinski definition) is 5. The van der Waals surface area contributed by atoms with Crippen molar-refractivity contribution in [3.8, 4) is 0 Å². The summed E-state index contributed by atoms with van der Waals surface area (Å²) >= 11 is 0. The molecule has 0 bridgehead atoms. The Morgan fingerprint density at radius 3 is 1.83 bits per heavy atom. The van der Waals surface area contributed by atoms with Gasteiger partial charge in [-0.2, -0.15) is 0 Å². The molecule has 1 aliphatic rings. The molecule has 1 aliphatic heterocycles. The van der Waals surface area contributed by atoms with Crippen LogP contribution in [-0.2, 0) is 4.74 Å². The molecular formula is C18H37NO5. The van der Waals surface area contributed by atoms with Crippen molar-refractivity contribution in [3.63, 3.8) is 0 Å². The van der Waals surface area contributed by atoms with Gasteiger partial charge in [-0.25, -0.2) is 0 Å². The van der Waals surface area contributed by atoms with E-state index in [2.05, 4.69) is 12.2 Å². The zero-order chi connectivity index (χ0) is 17.8. The van der Waals surface area contributed by atoms with Crippen LogP contribution in [0.5, 0.6) is 0 Å². The van der Waals surface area contributed by atoms with E-state index in [9.17, 15) is 15.3 Å². The highest BCUT2D eigenvalue weighted by atomic mass is 16.6. The molecule has 0 aromatic heterocycles. The third kappa shape index (κ3) is 7.76. The van der Waals surface area contributed by atoms with Crippen LogP contribution in [0.1, 0.15) is 71.1 Å². The molecule has 1 saturated heterocycles. The second kappa shape index (κ2) is 13.0. The average Bonchev–Trinajstić information content (AvgIpc) is 2.59. The van der Waals surface area contributed by atoms with Crippen LogP contribution < -0.4 is 5.32 Å². The van der Waals surface area contributed by atoms with Crippen LogP contribution >= 0.6 is 0 Å². The molecule has 1 unspecified atom stereocenters. The molecule has 0 saturated carbocycles. The molecule has 24 heavy (non-hydrogen) atoms. The Kier molecular flexibility index (Phi) is 11.8. The molecule has 6 nitrogen and oxygen atoms in total. The van der Waals surface area contributed by atoms with E-state index in [1.54, 1.807) is 0 Å². The summed E-state index contributed by atoms with van der Waals surface area (Å²) in [6, 6.07) is 0. The van der Waals surface area contributed by atoms with E-state index >= 15 is 0 Å². The van der Waals surface area contributed by atoms with Gasteiger partial charge in [0, 0.05) is 0 Å². The van der Waals surface area contributed by atoms with Crippen LogP contribution in [0.15, 0.2) is 0 Å². The third-order valence-electron chi connectivity index (χ3n) is 4.77. The van der Waals surface area contributed by atoms with E-state index in [0.29, 0.717) is 6.54 Å². The Labute approximate surface area is 146 Å². The molecule has 144 valence electrons. The lowest BCUT2D eigenvalue weighted by atomic mass is 9.98. The Morgan fingerprint density at radius 2 is 1.29 bits per heavy atom. The molecule has 0 radical (unpaired) electrons. The normalized spacial score (nSPS) is 30.6. The lowest BCUT2D eigenvalue weighted by Gasteiger charge is -2.40. The van der Waals surface area contributed by atoms with Gasteiger partial charge in [0.25, 0.3) is 0 Å². The molecule has 0 aromatic rings. The second-order valence-corrected chi connectivity index (χ2v) is 6.89. The van der Waals surface area contributed by atoms with E-state index in [1.807, 2.05) is 0 Å². The Bertz CT molecular complexity index is 303. The van der Waals surface area contributed by atoms with E-state index in [4.69, 9.17) is 9.84 Å². The summed E-state index contributed by atoms with van der Waals surface area (Å²) < 4.78 is 5.40. The fourth-order valence-corrected chi connectivity index (χ4v) is 3.13. The number of nitrogens with one attached hydrogen (secondary N) is 1. The standard InChI is InChI=1S/C18H37NO5/c1-2-3-4-5-6-7-8-9-10-11-12-19-18-17(23)16(22)15(21)14(13-20)24-18/h14-23H,2-13H2,1H3/t14-,15+,16+,17-,18?/m1/s1.